The number of carbonyl (C=O) groups is 1. The molecule has 9 heteroatoms. The zero-order valence-corrected chi connectivity index (χ0v) is 7.73. The Balaban J connectivity index is 3.57. The second kappa shape index (κ2) is 4.22. The number of pyridine rings is 1. The van der Waals surface area contributed by atoms with Crippen molar-refractivity contribution in [3.8, 4) is 0 Å². The van der Waals surface area contributed by atoms with Crippen LogP contribution in [0, 0.1) is 5.82 Å². The molecule has 0 bridgehead atoms. The topological polar surface area (TPSA) is 50.2 Å². The molecule has 1 heterocycles. The second-order valence-electron chi connectivity index (χ2n) is 2.85. The fraction of sp³-hybridized carbons (Fsp3) is 0.250. The van der Waals surface area contributed by atoms with Crippen molar-refractivity contribution in [2.24, 2.45) is 0 Å². The molecule has 0 spiro atoms. The normalized spacial score (nSPS) is 11.9. The number of halogens is 6. The minimum Gasteiger partial charge on any atom is -0.478 e. The zero-order valence-electron chi connectivity index (χ0n) is 7.73. The molecule has 1 N–H and O–H groups in total. The summed E-state index contributed by atoms with van der Waals surface area (Å²) in [5.74, 6) is -4.11. The van der Waals surface area contributed by atoms with Gasteiger partial charge in [0.25, 0.3) is 6.43 Å². The van der Waals surface area contributed by atoms with Crippen LogP contribution >= 0.6 is 0 Å². The van der Waals surface area contributed by atoms with E-state index in [4.69, 9.17) is 5.11 Å². The Labute approximate surface area is 89.7 Å². The molecule has 0 atom stereocenters. The molecule has 0 saturated carbocycles. The number of carboxylic acid groups (broad SMARTS) is 1. The van der Waals surface area contributed by atoms with Crippen LogP contribution in [-0.4, -0.2) is 16.1 Å². The molecule has 1 aromatic rings. The molecular weight excluding hydrogens is 256 g/mol. The highest BCUT2D eigenvalue weighted by Gasteiger charge is 2.40. The summed E-state index contributed by atoms with van der Waals surface area (Å²) in [6.07, 6.45) is -9.06. The Morgan fingerprint density at radius 1 is 1.35 bits per heavy atom. The minimum absolute atomic E-state index is 0.0480. The number of hydrogen-bond donors (Lipinski definition) is 1. The van der Waals surface area contributed by atoms with Crippen molar-refractivity contribution in [2.75, 3.05) is 0 Å². The number of rotatable bonds is 2. The van der Waals surface area contributed by atoms with E-state index in [0.717, 1.165) is 0 Å². The molecule has 0 unspecified atom stereocenters. The van der Waals surface area contributed by atoms with Crippen molar-refractivity contribution in [1.29, 1.82) is 0 Å². The summed E-state index contributed by atoms with van der Waals surface area (Å²) >= 11 is 0. The Morgan fingerprint density at radius 2 is 1.88 bits per heavy atom. The monoisotopic (exact) mass is 259 g/mol. The molecule has 3 nitrogen and oxygen atoms in total. The van der Waals surface area contributed by atoms with E-state index in [0.29, 0.717) is 0 Å². The van der Waals surface area contributed by atoms with E-state index in [1.54, 1.807) is 0 Å². The summed E-state index contributed by atoms with van der Waals surface area (Å²) < 4.78 is 74.4. The average Bonchev–Trinajstić information content (AvgIpc) is 2.14. The zero-order chi connectivity index (χ0) is 13.4. The van der Waals surface area contributed by atoms with Gasteiger partial charge in [-0.2, -0.15) is 13.2 Å². The van der Waals surface area contributed by atoms with E-state index < -0.39 is 41.2 Å². The summed E-state index contributed by atoms with van der Waals surface area (Å²) in [5.41, 5.74) is -5.53. The fourth-order valence-corrected chi connectivity index (χ4v) is 1.08. The number of aromatic carboxylic acids is 1. The summed E-state index contributed by atoms with van der Waals surface area (Å²) in [6.45, 7) is 0. The second-order valence-corrected chi connectivity index (χ2v) is 2.85. The first-order chi connectivity index (χ1) is 7.66. The van der Waals surface area contributed by atoms with Gasteiger partial charge >= 0.3 is 12.1 Å². The maximum atomic E-state index is 13.2. The largest absolute Gasteiger partial charge is 0.478 e. The molecule has 1 aromatic heterocycles. The average molecular weight is 259 g/mol. The predicted molar refractivity (Wildman–Crippen MR) is 41.1 cm³/mol. The van der Waals surface area contributed by atoms with Crippen LogP contribution in [0.25, 0.3) is 0 Å². The van der Waals surface area contributed by atoms with E-state index in [1.807, 2.05) is 0 Å². The van der Waals surface area contributed by atoms with Crippen molar-refractivity contribution >= 4 is 5.97 Å². The lowest BCUT2D eigenvalue weighted by atomic mass is 10.1. The van der Waals surface area contributed by atoms with Crippen LogP contribution in [0.15, 0.2) is 6.20 Å². The van der Waals surface area contributed by atoms with E-state index in [1.165, 1.54) is 0 Å². The summed E-state index contributed by atoms with van der Waals surface area (Å²) in [7, 11) is 0. The van der Waals surface area contributed by atoms with Gasteiger partial charge in [0.05, 0.1) is 5.56 Å². The number of aromatic nitrogens is 1. The number of nitrogens with zero attached hydrogens (tertiary/aromatic N) is 1. The Bertz CT molecular complexity index is 456. The van der Waals surface area contributed by atoms with Crippen molar-refractivity contribution in [3.05, 3.63) is 28.8 Å². The lowest BCUT2D eigenvalue weighted by molar-refractivity contribution is -0.143. The SMILES string of the molecule is O=C(O)c1cnc(C(F)(F)F)c(C(F)F)c1F. The van der Waals surface area contributed by atoms with Crippen molar-refractivity contribution in [1.82, 2.24) is 4.98 Å². The highest BCUT2D eigenvalue weighted by atomic mass is 19.4. The van der Waals surface area contributed by atoms with Crippen LogP contribution in [0.4, 0.5) is 26.3 Å². The molecule has 0 fully saturated rings. The predicted octanol–water partition coefficient (Wildman–Crippen LogP) is 2.88. The maximum absolute atomic E-state index is 13.2. The molecule has 94 valence electrons. The van der Waals surface area contributed by atoms with Gasteiger partial charge in [-0.25, -0.2) is 18.0 Å². The van der Waals surface area contributed by atoms with Gasteiger partial charge in [0.2, 0.25) is 0 Å². The highest BCUT2D eigenvalue weighted by Crippen LogP contribution is 2.36. The third kappa shape index (κ3) is 2.48. The number of alkyl halides is 5. The molecular formula is C8H3F6NO2. The standard InChI is InChI=1S/C8H3F6NO2/c9-4-2(7(16)17)1-15-5(8(12,13)14)3(4)6(10)11/h1,6H,(H,16,17). The van der Waals surface area contributed by atoms with Crippen molar-refractivity contribution < 1.29 is 36.2 Å². The van der Waals surface area contributed by atoms with Crippen LogP contribution in [0.3, 0.4) is 0 Å². The summed E-state index contributed by atoms with van der Waals surface area (Å²) in [6, 6.07) is 0. The first kappa shape index (κ1) is 13.3. The van der Waals surface area contributed by atoms with Gasteiger partial charge < -0.3 is 5.11 Å². The highest BCUT2D eigenvalue weighted by molar-refractivity contribution is 5.87. The summed E-state index contributed by atoms with van der Waals surface area (Å²) in [5, 5.41) is 8.36. The lowest BCUT2D eigenvalue weighted by Gasteiger charge is -2.12. The maximum Gasteiger partial charge on any atom is 0.433 e. The first-order valence-electron chi connectivity index (χ1n) is 3.93. The molecule has 0 aliphatic carbocycles. The van der Waals surface area contributed by atoms with Crippen molar-refractivity contribution in [3.63, 3.8) is 0 Å². The van der Waals surface area contributed by atoms with E-state index in [-0.39, 0.29) is 6.20 Å². The van der Waals surface area contributed by atoms with Gasteiger partial charge in [-0.05, 0) is 0 Å². The van der Waals surface area contributed by atoms with Gasteiger partial charge in [0.1, 0.15) is 11.4 Å². The molecule has 0 aliphatic heterocycles. The Morgan fingerprint density at radius 3 is 2.24 bits per heavy atom. The third-order valence-electron chi connectivity index (χ3n) is 1.77. The molecule has 0 aromatic carbocycles. The number of hydrogen-bond acceptors (Lipinski definition) is 2. The van der Waals surface area contributed by atoms with E-state index in [2.05, 4.69) is 4.98 Å². The van der Waals surface area contributed by atoms with E-state index >= 15 is 0 Å². The van der Waals surface area contributed by atoms with Crippen LogP contribution in [-0.2, 0) is 6.18 Å². The molecule has 0 saturated heterocycles. The van der Waals surface area contributed by atoms with Crippen LogP contribution in [0.1, 0.15) is 28.0 Å². The molecule has 17 heavy (non-hydrogen) atoms. The van der Waals surface area contributed by atoms with Gasteiger partial charge in [-0.3, -0.25) is 4.98 Å². The summed E-state index contributed by atoms with van der Waals surface area (Å²) in [4.78, 5) is 12.9. The van der Waals surface area contributed by atoms with Crippen molar-refractivity contribution in [2.45, 2.75) is 12.6 Å². The Kier molecular flexibility index (Phi) is 3.30. The van der Waals surface area contributed by atoms with Gasteiger partial charge in [0, 0.05) is 6.20 Å². The smallest absolute Gasteiger partial charge is 0.433 e. The van der Waals surface area contributed by atoms with Gasteiger partial charge in [-0.15, -0.1) is 0 Å². The lowest BCUT2D eigenvalue weighted by Crippen LogP contribution is -2.17. The molecule has 0 aliphatic rings. The van der Waals surface area contributed by atoms with Gasteiger partial charge in [0.15, 0.2) is 5.69 Å². The Hall–Kier alpha value is -1.80. The quantitative estimate of drug-likeness (QED) is 0.831. The van der Waals surface area contributed by atoms with Gasteiger partial charge in [-0.1, -0.05) is 0 Å². The van der Waals surface area contributed by atoms with E-state index in [9.17, 15) is 31.1 Å². The minimum atomic E-state index is -5.29. The fourth-order valence-electron chi connectivity index (χ4n) is 1.08. The van der Waals surface area contributed by atoms with Crippen LogP contribution in [0.5, 0.6) is 0 Å². The number of carboxylic acids is 1. The molecule has 0 radical (unpaired) electrons. The van der Waals surface area contributed by atoms with Crippen LogP contribution < -0.4 is 0 Å². The van der Waals surface area contributed by atoms with Crippen LogP contribution in [0.2, 0.25) is 0 Å². The molecule has 0 amide bonds. The third-order valence-corrected chi connectivity index (χ3v) is 1.77. The molecule has 1 rings (SSSR count). The first-order valence-corrected chi connectivity index (χ1v) is 3.93.